The van der Waals surface area contributed by atoms with E-state index < -0.39 is 11.9 Å². The molecule has 0 bridgehead atoms. The first-order chi connectivity index (χ1) is 7.97. The fourth-order valence-electron chi connectivity index (χ4n) is 1.31. The highest BCUT2D eigenvalue weighted by atomic mass is 32.2. The second-order valence-corrected chi connectivity index (χ2v) is 4.82. The van der Waals surface area contributed by atoms with Gasteiger partial charge in [0.25, 0.3) is 0 Å². The molecule has 0 aliphatic heterocycles. The van der Waals surface area contributed by atoms with Crippen molar-refractivity contribution in [1.29, 1.82) is 0 Å². The van der Waals surface area contributed by atoms with Crippen molar-refractivity contribution in [2.75, 3.05) is 12.8 Å². The summed E-state index contributed by atoms with van der Waals surface area (Å²) in [6.07, 6.45) is 0. The third-order valence-corrected chi connectivity index (χ3v) is 3.31. The molecule has 0 aliphatic rings. The van der Waals surface area contributed by atoms with E-state index >= 15 is 0 Å². The average Bonchev–Trinajstić information content (AvgIpc) is 2.60. The zero-order valence-corrected chi connectivity index (χ0v) is 10.9. The van der Waals surface area contributed by atoms with Gasteiger partial charge < -0.3 is 11.1 Å². The van der Waals surface area contributed by atoms with E-state index in [1.165, 1.54) is 11.8 Å². The summed E-state index contributed by atoms with van der Waals surface area (Å²) in [5, 5.41) is 9.67. The Kier molecular flexibility index (Phi) is 4.76. The third kappa shape index (κ3) is 3.34. The van der Waals surface area contributed by atoms with Gasteiger partial charge in [-0.25, -0.2) is 9.89 Å². The number of hydrogen-bond donors (Lipinski definition) is 3. The van der Waals surface area contributed by atoms with Gasteiger partial charge in [-0.05, 0) is 20.9 Å². The van der Waals surface area contributed by atoms with E-state index in [4.69, 9.17) is 5.73 Å². The number of nitrogens with two attached hydrogens (primary N) is 1. The first-order valence-corrected chi connectivity index (χ1v) is 6.22. The molecular weight excluding hydrogens is 242 g/mol. The number of carbonyl (C=O) groups excluding carboxylic acids is 1. The van der Waals surface area contributed by atoms with E-state index in [0.717, 1.165) is 0 Å². The van der Waals surface area contributed by atoms with Gasteiger partial charge in [0.05, 0.1) is 6.04 Å². The molecule has 17 heavy (non-hydrogen) atoms. The smallest absolute Gasteiger partial charge is 0.344 e. The van der Waals surface area contributed by atoms with E-state index in [0.29, 0.717) is 10.9 Å². The second-order valence-electron chi connectivity index (χ2n) is 3.83. The molecule has 8 heteroatoms. The number of amides is 1. The van der Waals surface area contributed by atoms with Gasteiger partial charge in [0.1, 0.15) is 0 Å². The highest BCUT2D eigenvalue weighted by Crippen LogP contribution is 2.17. The molecule has 7 nitrogen and oxygen atoms in total. The summed E-state index contributed by atoms with van der Waals surface area (Å²) in [5.74, 6) is 0.0111. The van der Waals surface area contributed by atoms with Crippen molar-refractivity contribution in [2.45, 2.75) is 31.1 Å². The normalized spacial score (nSPS) is 12.9. The van der Waals surface area contributed by atoms with E-state index in [1.807, 2.05) is 13.8 Å². The molecule has 1 aromatic heterocycles. The molecule has 0 aliphatic carbocycles. The number of thioether (sulfide) groups is 1. The summed E-state index contributed by atoms with van der Waals surface area (Å²) in [7, 11) is 1.66. The number of rotatable bonds is 6. The Morgan fingerprint density at radius 1 is 1.65 bits per heavy atom. The largest absolute Gasteiger partial charge is 0.368 e. The van der Waals surface area contributed by atoms with Gasteiger partial charge in [-0.15, -0.1) is 5.10 Å². The van der Waals surface area contributed by atoms with Crippen LogP contribution in [-0.2, 0) is 4.79 Å². The molecule has 0 aromatic carbocycles. The van der Waals surface area contributed by atoms with E-state index in [-0.39, 0.29) is 11.7 Å². The zero-order valence-electron chi connectivity index (χ0n) is 10.1. The topological polar surface area (TPSA) is 106 Å². The molecule has 1 atom stereocenters. The van der Waals surface area contributed by atoms with Crippen LogP contribution in [0.25, 0.3) is 0 Å². The Labute approximate surface area is 103 Å². The highest BCUT2D eigenvalue weighted by Gasteiger charge is 2.17. The number of aromatic nitrogens is 3. The molecule has 0 spiro atoms. The molecule has 1 aromatic rings. The molecule has 1 heterocycles. The second kappa shape index (κ2) is 5.87. The molecule has 96 valence electrons. The average molecular weight is 259 g/mol. The van der Waals surface area contributed by atoms with Gasteiger partial charge in [-0.2, -0.15) is 0 Å². The fourth-order valence-corrected chi connectivity index (χ4v) is 2.50. The first kappa shape index (κ1) is 13.8. The van der Waals surface area contributed by atoms with Gasteiger partial charge >= 0.3 is 5.69 Å². The maximum Gasteiger partial charge on any atom is 0.344 e. The molecule has 0 saturated carbocycles. The van der Waals surface area contributed by atoms with Crippen molar-refractivity contribution in [2.24, 2.45) is 5.73 Å². The number of hydrogen-bond acceptors (Lipinski definition) is 5. The maximum absolute atomic E-state index is 11.5. The van der Waals surface area contributed by atoms with Crippen LogP contribution >= 0.6 is 11.8 Å². The van der Waals surface area contributed by atoms with Crippen LogP contribution in [0.15, 0.2) is 9.95 Å². The Balaban J connectivity index is 2.76. The lowest BCUT2D eigenvalue weighted by Crippen LogP contribution is -2.41. The van der Waals surface area contributed by atoms with Crippen LogP contribution in [-0.4, -0.2) is 39.5 Å². The quantitative estimate of drug-likeness (QED) is 0.587. The summed E-state index contributed by atoms with van der Waals surface area (Å²) in [6.45, 7) is 3.79. The van der Waals surface area contributed by atoms with Crippen molar-refractivity contribution in [1.82, 2.24) is 20.1 Å². The van der Waals surface area contributed by atoms with Crippen LogP contribution in [0.2, 0.25) is 0 Å². The molecule has 0 fully saturated rings. The summed E-state index contributed by atoms with van der Waals surface area (Å²) in [6, 6.07) is -0.419. The van der Waals surface area contributed by atoms with Crippen molar-refractivity contribution >= 4 is 17.7 Å². The molecular formula is C9H17N5O2S. The minimum absolute atomic E-state index is 0.0189. The van der Waals surface area contributed by atoms with E-state index in [1.54, 1.807) is 11.6 Å². The van der Waals surface area contributed by atoms with E-state index in [9.17, 15) is 9.59 Å². The number of nitrogens with one attached hydrogen (secondary N) is 2. The van der Waals surface area contributed by atoms with E-state index in [2.05, 4.69) is 15.5 Å². The minimum Gasteiger partial charge on any atom is -0.368 e. The van der Waals surface area contributed by atoms with Crippen molar-refractivity contribution < 1.29 is 4.79 Å². The molecule has 4 N–H and O–H groups in total. The van der Waals surface area contributed by atoms with Gasteiger partial charge in [0.15, 0.2) is 5.16 Å². The van der Waals surface area contributed by atoms with Crippen LogP contribution in [0.3, 0.4) is 0 Å². The lowest BCUT2D eigenvalue weighted by Gasteiger charge is -2.12. The fraction of sp³-hybridized carbons (Fsp3) is 0.667. The van der Waals surface area contributed by atoms with Crippen LogP contribution < -0.4 is 16.7 Å². The van der Waals surface area contributed by atoms with Crippen LogP contribution in [0, 0.1) is 0 Å². The number of carbonyl (C=O) groups is 1. The van der Waals surface area contributed by atoms with Crippen molar-refractivity contribution in [3.8, 4) is 0 Å². The molecule has 1 unspecified atom stereocenters. The summed E-state index contributed by atoms with van der Waals surface area (Å²) >= 11 is 1.31. The van der Waals surface area contributed by atoms with Crippen LogP contribution in [0.5, 0.6) is 0 Å². The SMILES string of the molecule is CNC(CSc1n[nH]c(=O)n1C(C)C)C(N)=O. The maximum atomic E-state index is 11.5. The number of aromatic amines is 1. The summed E-state index contributed by atoms with van der Waals surface area (Å²) in [5.41, 5.74) is 4.96. The number of nitrogens with zero attached hydrogens (tertiary/aromatic N) is 2. The van der Waals surface area contributed by atoms with Gasteiger partial charge in [0, 0.05) is 11.8 Å². The van der Waals surface area contributed by atoms with Gasteiger partial charge in [-0.3, -0.25) is 9.36 Å². The Hall–Kier alpha value is -1.28. The minimum atomic E-state index is -0.438. The monoisotopic (exact) mass is 259 g/mol. The van der Waals surface area contributed by atoms with Crippen LogP contribution in [0.4, 0.5) is 0 Å². The molecule has 0 radical (unpaired) electrons. The van der Waals surface area contributed by atoms with Gasteiger partial charge in [-0.1, -0.05) is 11.8 Å². The van der Waals surface area contributed by atoms with Gasteiger partial charge in [0.2, 0.25) is 5.91 Å². The number of likely N-dealkylation sites (N-methyl/N-ethyl adjacent to an activating group) is 1. The standard InChI is InChI=1S/C9H17N5O2S/c1-5(2)14-8(16)12-13-9(14)17-4-6(11-3)7(10)15/h5-6,11H,4H2,1-3H3,(H2,10,15)(H,12,16). The van der Waals surface area contributed by atoms with Crippen LogP contribution in [0.1, 0.15) is 19.9 Å². The Bertz CT molecular complexity index is 439. The predicted octanol–water partition coefficient (Wildman–Crippen LogP) is -0.682. The molecule has 1 rings (SSSR count). The third-order valence-electron chi connectivity index (χ3n) is 2.26. The lowest BCUT2D eigenvalue weighted by molar-refractivity contribution is -0.119. The number of primary amides is 1. The lowest BCUT2D eigenvalue weighted by atomic mass is 10.3. The number of H-pyrrole nitrogens is 1. The predicted molar refractivity (Wildman–Crippen MR) is 66.0 cm³/mol. The van der Waals surface area contributed by atoms with Crippen molar-refractivity contribution in [3.05, 3.63) is 10.5 Å². The first-order valence-electron chi connectivity index (χ1n) is 5.23. The highest BCUT2D eigenvalue weighted by molar-refractivity contribution is 7.99. The summed E-state index contributed by atoms with van der Waals surface area (Å²) < 4.78 is 1.54. The summed E-state index contributed by atoms with van der Waals surface area (Å²) in [4.78, 5) is 22.5. The Morgan fingerprint density at radius 3 is 2.76 bits per heavy atom. The molecule has 0 saturated heterocycles. The molecule has 1 amide bonds. The zero-order chi connectivity index (χ0) is 13.0. The van der Waals surface area contributed by atoms with Crippen molar-refractivity contribution in [3.63, 3.8) is 0 Å². The Morgan fingerprint density at radius 2 is 2.29 bits per heavy atom.